The van der Waals surface area contributed by atoms with Crippen molar-refractivity contribution < 1.29 is 9.59 Å². The third-order valence-corrected chi connectivity index (χ3v) is 12.9. The molecule has 256 valence electrons. The van der Waals surface area contributed by atoms with Gasteiger partial charge in [-0.3, -0.25) is 9.59 Å². The predicted octanol–water partition coefficient (Wildman–Crippen LogP) is 12.6. The van der Waals surface area contributed by atoms with Crippen LogP contribution in [0, 0.1) is 20.8 Å². The van der Waals surface area contributed by atoms with E-state index in [4.69, 9.17) is 0 Å². The Morgan fingerprint density at radius 2 is 1.02 bits per heavy atom. The van der Waals surface area contributed by atoms with Crippen molar-refractivity contribution in [3.05, 3.63) is 200 Å². The quantitative estimate of drug-likeness (QED) is 0.132. The number of nitrogens with zero attached hydrogens (tertiary/aromatic N) is 1. The molecule has 2 heterocycles. The Bertz CT molecular complexity index is 2890. The summed E-state index contributed by atoms with van der Waals surface area (Å²) < 4.78 is 0. The van der Waals surface area contributed by atoms with Gasteiger partial charge in [0.15, 0.2) is 11.6 Å². The van der Waals surface area contributed by atoms with Gasteiger partial charge in [-0.05, 0) is 124 Å². The van der Waals surface area contributed by atoms with E-state index in [0.29, 0.717) is 11.1 Å². The summed E-state index contributed by atoms with van der Waals surface area (Å²) in [5.41, 5.74) is 13.7. The third-order valence-electron chi connectivity index (χ3n) is 11.8. The smallest absolute Gasteiger partial charge is 0.197 e. The van der Waals surface area contributed by atoms with Crippen LogP contribution in [0.1, 0.15) is 64.5 Å². The van der Waals surface area contributed by atoms with E-state index in [1.54, 1.807) is 23.5 Å². The van der Waals surface area contributed by atoms with E-state index in [1.165, 1.54) is 66.1 Å². The molecule has 11 rings (SSSR count). The average molecular weight is 712 g/mol. The summed E-state index contributed by atoms with van der Waals surface area (Å²) in [5, 5.41) is 5.89. The summed E-state index contributed by atoms with van der Waals surface area (Å²) in [6.45, 7) is 6.55. The number of rotatable bonds is 2. The molecule has 3 nitrogen and oxygen atoms in total. The lowest BCUT2D eigenvalue weighted by Gasteiger charge is -2.44. The van der Waals surface area contributed by atoms with Crippen LogP contribution in [-0.2, 0) is 5.41 Å². The zero-order chi connectivity index (χ0) is 36.5. The number of ketones is 2. The maximum absolute atomic E-state index is 13.8. The second kappa shape index (κ2) is 11.1. The highest BCUT2D eigenvalue weighted by atomic mass is 32.1. The molecule has 0 fully saturated rings. The summed E-state index contributed by atoms with van der Waals surface area (Å²) in [7, 11) is 0. The van der Waals surface area contributed by atoms with Crippen LogP contribution >= 0.6 is 11.3 Å². The number of benzene rings is 7. The molecule has 0 atom stereocenters. The van der Waals surface area contributed by atoms with Gasteiger partial charge < -0.3 is 4.90 Å². The first-order valence-electron chi connectivity index (χ1n) is 18.4. The number of allylic oxidation sites excluding steroid dienone is 1. The van der Waals surface area contributed by atoms with Crippen LogP contribution in [0.3, 0.4) is 0 Å². The fourth-order valence-corrected chi connectivity index (χ4v) is 10.9. The predicted molar refractivity (Wildman–Crippen MR) is 222 cm³/mol. The van der Waals surface area contributed by atoms with Crippen molar-refractivity contribution in [3.8, 4) is 11.1 Å². The van der Waals surface area contributed by atoms with Crippen molar-refractivity contribution in [1.29, 1.82) is 0 Å². The molecule has 0 N–H and O–H groups in total. The minimum atomic E-state index is -0.673. The first kappa shape index (κ1) is 31.2. The number of hydrogen-bond donors (Lipinski definition) is 0. The molecule has 4 heteroatoms. The summed E-state index contributed by atoms with van der Waals surface area (Å²) in [6.07, 6.45) is 1.84. The van der Waals surface area contributed by atoms with Gasteiger partial charge in [0.05, 0.1) is 22.4 Å². The summed E-state index contributed by atoms with van der Waals surface area (Å²) in [4.78, 5) is 30.9. The summed E-state index contributed by atoms with van der Waals surface area (Å²) in [6, 6.07) is 49.7. The molecule has 0 bridgehead atoms. The molecule has 54 heavy (non-hydrogen) atoms. The maximum Gasteiger partial charge on any atom is 0.197 e. The Morgan fingerprint density at radius 1 is 0.519 bits per heavy atom. The number of fused-ring (bicyclic) bond motifs is 12. The fourth-order valence-electron chi connectivity index (χ4n) is 9.71. The molecule has 2 aliphatic carbocycles. The highest BCUT2D eigenvalue weighted by Gasteiger charge is 2.53. The van der Waals surface area contributed by atoms with E-state index in [-0.39, 0.29) is 17.1 Å². The molecule has 1 spiro atoms. The minimum absolute atomic E-state index is 0.212. The first-order valence-corrected chi connectivity index (χ1v) is 19.2. The van der Waals surface area contributed by atoms with Gasteiger partial charge in [-0.25, -0.2) is 0 Å². The Morgan fingerprint density at radius 3 is 1.59 bits per heavy atom. The van der Waals surface area contributed by atoms with E-state index in [9.17, 15) is 9.59 Å². The molecule has 0 saturated carbocycles. The number of hydrogen-bond acceptors (Lipinski definition) is 4. The molecule has 0 radical (unpaired) electrons. The number of para-hydroxylation sites is 1. The normalized spacial score (nSPS) is 14.7. The van der Waals surface area contributed by atoms with E-state index < -0.39 is 5.41 Å². The zero-order valence-corrected chi connectivity index (χ0v) is 30.8. The standard InChI is InChI=1S/C50H33NO2S/c1-28-20-29(2)46(30(3)21-28)51-45-19-11-10-18-41(45)50(44-27-35(54-49(44)51)26-40-47(52)36-16-8-9-17-37(36)48(40)53)42-24-33-14-6-4-12-31(33)22-38(42)39-23-32-13-5-7-15-34(32)25-43(39)50/h4-27H,1-3H3. The lowest BCUT2D eigenvalue weighted by Crippen LogP contribution is -2.35. The van der Waals surface area contributed by atoms with Crippen LogP contribution < -0.4 is 4.90 Å². The van der Waals surface area contributed by atoms with Crippen molar-refractivity contribution >= 4 is 66.9 Å². The molecular formula is C50H33NO2S. The second-order valence-corrected chi connectivity index (χ2v) is 16.0. The molecule has 0 saturated heterocycles. The average Bonchev–Trinajstić information content (AvgIpc) is 3.80. The van der Waals surface area contributed by atoms with E-state index in [1.807, 2.05) is 18.2 Å². The summed E-state index contributed by atoms with van der Waals surface area (Å²) >= 11 is 1.66. The largest absolute Gasteiger partial charge is 0.301 e. The van der Waals surface area contributed by atoms with Gasteiger partial charge in [-0.2, -0.15) is 0 Å². The van der Waals surface area contributed by atoms with Crippen molar-refractivity contribution in [2.75, 3.05) is 4.90 Å². The molecule has 8 aromatic rings. The van der Waals surface area contributed by atoms with Gasteiger partial charge in [0.25, 0.3) is 0 Å². The highest BCUT2D eigenvalue weighted by Crippen LogP contribution is 2.66. The van der Waals surface area contributed by atoms with E-state index in [0.717, 1.165) is 26.8 Å². The van der Waals surface area contributed by atoms with E-state index >= 15 is 0 Å². The minimum Gasteiger partial charge on any atom is -0.301 e. The van der Waals surface area contributed by atoms with Gasteiger partial charge >= 0.3 is 0 Å². The number of carbonyl (C=O) groups is 2. The molecule has 0 amide bonds. The lowest BCUT2D eigenvalue weighted by atomic mass is 9.65. The monoisotopic (exact) mass is 711 g/mol. The maximum atomic E-state index is 13.8. The lowest BCUT2D eigenvalue weighted by molar-refractivity contribution is 0.0990. The third kappa shape index (κ3) is 4.06. The topological polar surface area (TPSA) is 37.4 Å². The van der Waals surface area contributed by atoms with Crippen molar-refractivity contribution in [1.82, 2.24) is 0 Å². The van der Waals surface area contributed by atoms with Gasteiger partial charge in [0.1, 0.15) is 5.00 Å². The number of carbonyl (C=O) groups excluding carboxylic acids is 2. The SMILES string of the molecule is Cc1cc(C)c(N2c3ccccc3C3(c4cc5ccccc5cc4-c4cc5ccccc5cc43)c3cc(C=C4C(=O)c5ccccc5C4=O)sc32)c(C)c1. The number of anilines is 3. The highest BCUT2D eigenvalue weighted by molar-refractivity contribution is 7.17. The Kier molecular flexibility index (Phi) is 6.40. The van der Waals surface area contributed by atoms with Crippen LogP contribution in [0.2, 0.25) is 0 Å². The molecule has 1 aliphatic heterocycles. The van der Waals surface area contributed by atoms with Crippen LogP contribution in [0.4, 0.5) is 16.4 Å². The van der Waals surface area contributed by atoms with Crippen molar-refractivity contribution in [2.45, 2.75) is 26.2 Å². The molecule has 1 aromatic heterocycles. The van der Waals surface area contributed by atoms with Gasteiger partial charge in [-0.15, -0.1) is 11.3 Å². The van der Waals surface area contributed by atoms with Crippen molar-refractivity contribution in [3.63, 3.8) is 0 Å². The number of thiophene rings is 1. The molecule has 7 aromatic carbocycles. The van der Waals surface area contributed by atoms with E-state index in [2.05, 4.69) is 141 Å². The zero-order valence-electron chi connectivity index (χ0n) is 30.0. The molecule has 0 unspecified atom stereocenters. The van der Waals surface area contributed by atoms with Crippen molar-refractivity contribution in [2.24, 2.45) is 0 Å². The van der Waals surface area contributed by atoms with Gasteiger partial charge in [0, 0.05) is 21.6 Å². The van der Waals surface area contributed by atoms with Crippen LogP contribution in [-0.4, -0.2) is 11.6 Å². The van der Waals surface area contributed by atoms with Crippen LogP contribution in [0.5, 0.6) is 0 Å². The molecular weight excluding hydrogens is 679 g/mol. The van der Waals surface area contributed by atoms with Gasteiger partial charge in [-0.1, -0.05) is 109 Å². The number of Topliss-reactive ketones (excluding diaryl/α,β-unsaturated/α-hetero) is 2. The first-order chi connectivity index (χ1) is 26.3. The Hall–Kier alpha value is -6.36. The van der Waals surface area contributed by atoms with Crippen LogP contribution in [0.15, 0.2) is 145 Å². The Labute approximate surface area is 317 Å². The summed E-state index contributed by atoms with van der Waals surface area (Å²) in [5.74, 6) is -0.423. The Balaban J connectivity index is 1.28. The van der Waals surface area contributed by atoms with Crippen LogP contribution in [0.25, 0.3) is 38.7 Å². The number of aryl methyl sites for hydroxylation is 3. The molecule has 3 aliphatic rings. The van der Waals surface area contributed by atoms with Gasteiger partial charge in [0.2, 0.25) is 0 Å². The second-order valence-electron chi connectivity index (χ2n) is 15.0. The fraction of sp³-hybridized carbons (Fsp3) is 0.0800.